The molecular weight excluding hydrogens is 474 g/mol. The summed E-state index contributed by atoms with van der Waals surface area (Å²) in [4.78, 5) is 59.3. The van der Waals surface area contributed by atoms with Gasteiger partial charge in [0.05, 0.1) is 30.1 Å². The zero-order chi connectivity index (χ0) is 26.8. The number of aryl methyl sites for hydroxylation is 1. The number of benzene rings is 1. The van der Waals surface area contributed by atoms with Crippen LogP contribution in [0.3, 0.4) is 0 Å². The van der Waals surface area contributed by atoms with Crippen molar-refractivity contribution in [3.8, 4) is 0 Å². The van der Waals surface area contributed by atoms with E-state index in [1.54, 1.807) is 26.8 Å². The molecule has 0 spiro atoms. The van der Waals surface area contributed by atoms with Gasteiger partial charge in [-0.1, -0.05) is 5.21 Å². The normalized spacial score (nSPS) is 12.2. The smallest absolute Gasteiger partial charge is 0.340 e. The molecular formula is C23H25N5O8. The van der Waals surface area contributed by atoms with Gasteiger partial charge in [-0.05, 0) is 38.5 Å². The molecule has 0 bridgehead atoms. The monoisotopic (exact) mass is 499 g/mol. The standard InChI is InChI=1S/C23H25N5O8/c1-11-14-6-5-13(7-17(14)36-22(35)15(11)8-19(30)31)24-21(34)16(9-20(32)33)28-10-18(26-27-28)23(3,4)25-12(2)29/h5-7,10,16H,8-9H2,1-4H3,(H,24,34)(H,25,29)(H,30,31)(H,32,33). The van der Waals surface area contributed by atoms with Gasteiger partial charge in [-0.3, -0.25) is 19.2 Å². The van der Waals surface area contributed by atoms with Crippen LogP contribution >= 0.6 is 0 Å². The van der Waals surface area contributed by atoms with Gasteiger partial charge in [-0.25, -0.2) is 9.48 Å². The van der Waals surface area contributed by atoms with Gasteiger partial charge in [0, 0.05) is 24.1 Å². The molecule has 0 aliphatic heterocycles. The maximum absolute atomic E-state index is 13.0. The second-order valence-electron chi connectivity index (χ2n) is 8.77. The lowest BCUT2D eigenvalue weighted by atomic mass is 10.0. The van der Waals surface area contributed by atoms with Crippen molar-refractivity contribution in [2.75, 3.05) is 5.32 Å². The Morgan fingerprint density at radius 2 is 1.86 bits per heavy atom. The highest BCUT2D eigenvalue weighted by atomic mass is 16.4. The van der Waals surface area contributed by atoms with E-state index >= 15 is 0 Å². The molecule has 4 N–H and O–H groups in total. The molecule has 36 heavy (non-hydrogen) atoms. The number of carboxylic acid groups (broad SMARTS) is 2. The minimum Gasteiger partial charge on any atom is -0.481 e. The van der Waals surface area contributed by atoms with Crippen molar-refractivity contribution in [2.45, 2.75) is 52.1 Å². The second kappa shape index (κ2) is 9.98. The quantitative estimate of drug-likeness (QED) is 0.312. The molecule has 190 valence electrons. The number of carbonyl (C=O) groups excluding carboxylic acids is 2. The Hall–Kier alpha value is -4.55. The number of hydrogen-bond donors (Lipinski definition) is 4. The van der Waals surface area contributed by atoms with E-state index in [-0.39, 0.29) is 22.7 Å². The van der Waals surface area contributed by atoms with Gasteiger partial charge in [0.25, 0.3) is 0 Å². The molecule has 0 saturated carbocycles. The Labute approximate surface area is 204 Å². The molecule has 3 rings (SSSR count). The minimum absolute atomic E-state index is 0.0254. The largest absolute Gasteiger partial charge is 0.481 e. The number of nitrogens with one attached hydrogen (secondary N) is 2. The van der Waals surface area contributed by atoms with Crippen LogP contribution in [-0.2, 0) is 31.1 Å². The minimum atomic E-state index is -1.28. The number of aliphatic carboxylic acids is 2. The summed E-state index contributed by atoms with van der Waals surface area (Å²) in [6.45, 7) is 6.31. The lowest BCUT2D eigenvalue weighted by Crippen LogP contribution is -2.40. The fourth-order valence-electron chi connectivity index (χ4n) is 3.74. The van der Waals surface area contributed by atoms with Gasteiger partial charge in [0.1, 0.15) is 17.3 Å². The SMILES string of the molecule is CC(=O)NC(C)(C)c1cn(C(CC(=O)O)C(=O)Nc2ccc3c(C)c(CC(=O)O)c(=O)oc3c2)nn1. The topological polar surface area (TPSA) is 194 Å². The molecule has 0 aliphatic carbocycles. The summed E-state index contributed by atoms with van der Waals surface area (Å²) < 4.78 is 6.36. The van der Waals surface area contributed by atoms with E-state index < -0.39 is 47.9 Å². The van der Waals surface area contributed by atoms with Gasteiger partial charge in [0.15, 0.2) is 0 Å². The Bertz CT molecular complexity index is 1420. The molecule has 1 atom stereocenters. The number of hydrogen-bond acceptors (Lipinski definition) is 8. The predicted octanol–water partition coefficient (Wildman–Crippen LogP) is 1.35. The van der Waals surface area contributed by atoms with Crippen molar-refractivity contribution in [3.63, 3.8) is 0 Å². The molecule has 2 amide bonds. The molecule has 0 saturated heterocycles. The van der Waals surface area contributed by atoms with Crippen LogP contribution in [0.5, 0.6) is 0 Å². The Kier molecular flexibility index (Phi) is 7.22. The maximum Gasteiger partial charge on any atom is 0.340 e. The van der Waals surface area contributed by atoms with Crippen molar-refractivity contribution < 1.29 is 33.8 Å². The molecule has 2 heterocycles. The van der Waals surface area contributed by atoms with Crippen LogP contribution in [0.1, 0.15) is 50.1 Å². The third kappa shape index (κ3) is 5.74. The van der Waals surface area contributed by atoms with Crippen LogP contribution in [0.4, 0.5) is 5.69 Å². The molecule has 1 aromatic carbocycles. The number of anilines is 1. The van der Waals surface area contributed by atoms with Crippen molar-refractivity contribution in [2.24, 2.45) is 0 Å². The number of carbonyl (C=O) groups is 4. The summed E-state index contributed by atoms with van der Waals surface area (Å²) in [5, 5.41) is 32.0. The average molecular weight is 499 g/mol. The van der Waals surface area contributed by atoms with Gasteiger partial charge in [-0.2, -0.15) is 0 Å². The number of amides is 2. The summed E-state index contributed by atoms with van der Waals surface area (Å²) in [7, 11) is 0. The molecule has 13 heteroatoms. The molecule has 0 fully saturated rings. The maximum atomic E-state index is 13.0. The highest BCUT2D eigenvalue weighted by Crippen LogP contribution is 2.25. The molecule has 3 aromatic rings. The molecule has 1 unspecified atom stereocenters. The number of nitrogens with zero attached hydrogens (tertiary/aromatic N) is 3. The Morgan fingerprint density at radius 3 is 2.47 bits per heavy atom. The second-order valence-corrected chi connectivity index (χ2v) is 8.77. The summed E-state index contributed by atoms with van der Waals surface area (Å²) in [6.07, 6.45) is 0.295. The molecule has 2 aromatic heterocycles. The Morgan fingerprint density at radius 1 is 1.17 bits per heavy atom. The Balaban J connectivity index is 1.91. The lowest BCUT2D eigenvalue weighted by molar-refractivity contribution is -0.140. The fourth-order valence-corrected chi connectivity index (χ4v) is 3.74. The van der Waals surface area contributed by atoms with E-state index in [9.17, 15) is 29.1 Å². The van der Waals surface area contributed by atoms with Crippen LogP contribution in [0.15, 0.2) is 33.6 Å². The van der Waals surface area contributed by atoms with Gasteiger partial charge >= 0.3 is 17.6 Å². The highest BCUT2D eigenvalue weighted by molar-refractivity contribution is 5.97. The zero-order valence-corrected chi connectivity index (χ0v) is 20.0. The van der Waals surface area contributed by atoms with Crippen LogP contribution in [-0.4, -0.2) is 49.0 Å². The summed E-state index contributed by atoms with van der Waals surface area (Å²) >= 11 is 0. The van der Waals surface area contributed by atoms with E-state index in [1.807, 2.05) is 0 Å². The number of fused-ring (bicyclic) bond motifs is 1. The zero-order valence-electron chi connectivity index (χ0n) is 20.0. The third-order valence-electron chi connectivity index (χ3n) is 5.51. The number of aromatic nitrogens is 3. The first-order valence-electron chi connectivity index (χ1n) is 10.8. The average Bonchev–Trinajstić information content (AvgIpc) is 3.24. The summed E-state index contributed by atoms with van der Waals surface area (Å²) in [6, 6.07) is 3.18. The molecule has 0 radical (unpaired) electrons. The number of carboxylic acids is 2. The first-order valence-corrected chi connectivity index (χ1v) is 10.8. The predicted molar refractivity (Wildman–Crippen MR) is 125 cm³/mol. The van der Waals surface area contributed by atoms with E-state index in [4.69, 9.17) is 9.52 Å². The van der Waals surface area contributed by atoms with Crippen molar-refractivity contribution in [3.05, 3.63) is 51.6 Å². The van der Waals surface area contributed by atoms with Crippen molar-refractivity contribution in [1.29, 1.82) is 0 Å². The van der Waals surface area contributed by atoms with Gasteiger partial charge in [-0.15, -0.1) is 5.10 Å². The molecule has 13 nitrogen and oxygen atoms in total. The van der Waals surface area contributed by atoms with Crippen LogP contribution in [0.2, 0.25) is 0 Å². The number of rotatable bonds is 9. The van der Waals surface area contributed by atoms with E-state index in [0.717, 1.165) is 4.68 Å². The van der Waals surface area contributed by atoms with Crippen LogP contribution in [0, 0.1) is 6.92 Å². The van der Waals surface area contributed by atoms with E-state index in [1.165, 1.54) is 25.3 Å². The fraction of sp³-hybridized carbons (Fsp3) is 0.348. The van der Waals surface area contributed by atoms with E-state index in [0.29, 0.717) is 16.6 Å². The first kappa shape index (κ1) is 26.1. The first-order chi connectivity index (χ1) is 16.8. The van der Waals surface area contributed by atoms with Crippen molar-refractivity contribution in [1.82, 2.24) is 20.3 Å². The third-order valence-corrected chi connectivity index (χ3v) is 5.51. The molecule has 0 aliphatic rings. The highest BCUT2D eigenvalue weighted by Gasteiger charge is 2.30. The van der Waals surface area contributed by atoms with E-state index in [2.05, 4.69) is 20.9 Å². The summed E-state index contributed by atoms with van der Waals surface area (Å²) in [5.41, 5.74) is -0.580. The van der Waals surface area contributed by atoms with Gasteiger partial charge in [0.2, 0.25) is 11.8 Å². The van der Waals surface area contributed by atoms with Crippen LogP contribution < -0.4 is 16.3 Å². The van der Waals surface area contributed by atoms with Gasteiger partial charge < -0.3 is 25.3 Å². The lowest BCUT2D eigenvalue weighted by Gasteiger charge is -2.22. The van der Waals surface area contributed by atoms with Crippen LogP contribution in [0.25, 0.3) is 11.0 Å². The summed E-state index contributed by atoms with van der Waals surface area (Å²) in [5.74, 6) is -3.44. The van der Waals surface area contributed by atoms with Crippen molar-refractivity contribution >= 4 is 40.4 Å².